The lowest BCUT2D eigenvalue weighted by Gasteiger charge is -2.16. The first-order chi connectivity index (χ1) is 22.6. The molecule has 2 saturated heterocycles. The highest BCUT2D eigenvalue weighted by atomic mass is 35.5. The van der Waals surface area contributed by atoms with Crippen LogP contribution >= 0.6 is 23.4 Å². The number of fused-ring (bicyclic) bond motifs is 1. The van der Waals surface area contributed by atoms with Gasteiger partial charge < -0.3 is 49.7 Å². The maximum Gasteiger partial charge on any atom is 0.315 e. The van der Waals surface area contributed by atoms with Crippen molar-refractivity contribution in [1.82, 2.24) is 21.3 Å². The number of carbonyl (C=O) groups excluding carboxylic acids is 3. The van der Waals surface area contributed by atoms with Gasteiger partial charge >= 0.3 is 6.03 Å². The van der Waals surface area contributed by atoms with E-state index in [1.807, 2.05) is 11.8 Å². The molecule has 2 heterocycles. The highest BCUT2D eigenvalue weighted by Gasteiger charge is 2.42. The maximum atomic E-state index is 12.0. The average Bonchev–Trinajstić information content (AvgIpc) is 3.60. The molecule has 15 heteroatoms. The van der Waals surface area contributed by atoms with Crippen LogP contribution in [-0.4, -0.2) is 139 Å². The predicted molar refractivity (Wildman–Crippen MR) is 179 cm³/mol. The number of urea groups is 1. The van der Waals surface area contributed by atoms with Crippen molar-refractivity contribution in [2.75, 3.05) is 104 Å². The van der Waals surface area contributed by atoms with E-state index in [2.05, 4.69) is 21.3 Å². The molecular weight excluding hydrogens is 640 g/mol. The van der Waals surface area contributed by atoms with Crippen LogP contribution in [0.5, 0.6) is 0 Å². The molecule has 0 aromatic carbocycles. The van der Waals surface area contributed by atoms with Gasteiger partial charge in [0, 0.05) is 49.4 Å². The molecule has 4 amide bonds. The van der Waals surface area contributed by atoms with Crippen LogP contribution in [0.1, 0.15) is 57.8 Å². The van der Waals surface area contributed by atoms with Crippen LogP contribution in [0.15, 0.2) is 0 Å². The predicted octanol–water partition coefficient (Wildman–Crippen LogP) is 2.23. The average molecular weight is 697 g/mol. The minimum Gasteiger partial charge on any atom is -0.379 e. The largest absolute Gasteiger partial charge is 0.379 e. The molecule has 2 aliphatic rings. The summed E-state index contributed by atoms with van der Waals surface area (Å²) in [6, 6.07) is 0.403. The summed E-state index contributed by atoms with van der Waals surface area (Å²) in [4.78, 5) is 35.3. The molecule has 0 aromatic heterocycles. The van der Waals surface area contributed by atoms with Crippen molar-refractivity contribution in [3.8, 4) is 0 Å². The molecule has 0 aromatic rings. The Morgan fingerprint density at radius 2 is 1.20 bits per heavy atom. The van der Waals surface area contributed by atoms with E-state index < -0.39 is 0 Å². The zero-order chi connectivity index (χ0) is 32.9. The normalized spacial score (nSPS) is 18.7. The van der Waals surface area contributed by atoms with Crippen LogP contribution in [0.2, 0.25) is 0 Å². The summed E-state index contributed by atoms with van der Waals surface area (Å²) in [6.45, 7) is 6.65. The topological polar surface area (TPSA) is 155 Å². The third kappa shape index (κ3) is 21.5. The van der Waals surface area contributed by atoms with Crippen molar-refractivity contribution >= 4 is 41.2 Å². The second kappa shape index (κ2) is 28.6. The van der Waals surface area contributed by atoms with Gasteiger partial charge in [-0.3, -0.25) is 9.59 Å². The Labute approximate surface area is 283 Å². The monoisotopic (exact) mass is 696 g/mol. The zero-order valence-electron chi connectivity index (χ0n) is 27.4. The van der Waals surface area contributed by atoms with Crippen LogP contribution in [0.25, 0.3) is 0 Å². The second-order valence-corrected chi connectivity index (χ2v) is 12.7. The van der Waals surface area contributed by atoms with Gasteiger partial charge in [-0.15, -0.1) is 11.6 Å². The number of alkyl halides is 1. The Bertz CT molecular complexity index is 805. The number of nitrogens with one attached hydrogen (secondary N) is 4. The van der Waals surface area contributed by atoms with Gasteiger partial charge in [0.05, 0.1) is 84.8 Å². The second-order valence-electron chi connectivity index (χ2n) is 11.1. The molecule has 2 fully saturated rings. The molecule has 0 saturated carbocycles. The third-order valence-corrected chi connectivity index (χ3v) is 9.13. The van der Waals surface area contributed by atoms with Crippen LogP contribution < -0.4 is 21.3 Å². The number of halogens is 1. The van der Waals surface area contributed by atoms with Crippen LogP contribution in [-0.2, 0) is 38.0 Å². The van der Waals surface area contributed by atoms with Crippen LogP contribution in [0, 0.1) is 0 Å². The molecular formula is C31H57ClN4O9S. The number of carbonyl (C=O) groups is 3. The van der Waals surface area contributed by atoms with Gasteiger partial charge in [0.15, 0.2) is 0 Å². The Morgan fingerprint density at radius 1 is 0.652 bits per heavy atom. The van der Waals surface area contributed by atoms with E-state index in [1.165, 1.54) is 0 Å². The summed E-state index contributed by atoms with van der Waals surface area (Å²) in [6.07, 6.45) is 8.01. The van der Waals surface area contributed by atoms with E-state index in [0.717, 1.165) is 63.2 Å². The van der Waals surface area contributed by atoms with Crippen molar-refractivity contribution in [3.05, 3.63) is 0 Å². The van der Waals surface area contributed by atoms with Gasteiger partial charge in [-0.1, -0.05) is 19.3 Å². The lowest BCUT2D eigenvalue weighted by Crippen LogP contribution is -2.36. The first-order valence-electron chi connectivity index (χ1n) is 16.8. The fourth-order valence-electron chi connectivity index (χ4n) is 4.88. The van der Waals surface area contributed by atoms with E-state index in [-0.39, 0.29) is 29.9 Å². The fourth-order valence-corrected chi connectivity index (χ4v) is 6.61. The van der Waals surface area contributed by atoms with E-state index in [1.54, 1.807) is 0 Å². The molecule has 0 unspecified atom stereocenters. The summed E-state index contributed by atoms with van der Waals surface area (Å²) in [5, 5.41) is 12.1. The summed E-state index contributed by atoms with van der Waals surface area (Å²) < 4.78 is 32.8. The highest BCUT2D eigenvalue weighted by Crippen LogP contribution is 2.33. The summed E-state index contributed by atoms with van der Waals surface area (Å²) in [5.41, 5.74) is 0. The summed E-state index contributed by atoms with van der Waals surface area (Å²) in [7, 11) is 0. The molecule has 0 spiro atoms. The number of unbranched alkanes of at least 4 members (excludes halogenated alkanes) is 4. The SMILES string of the molecule is O=C(CCCC[C@@H]1SC[C@@H]2NC(=O)N[C@@H]21)NCCOCCOCCOCCOCCC(=O)NCCOCCOCCCCCCCl. The molecule has 13 nitrogen and oxygen atoms in total. The van der Waals surface area contributed by atoms with Gasteiger partial charge in [0.1, 0.15) is 0 Å². The smallest absolute Gasteiger partial charge is 0.315 e. The van der Waals surface area contributed by atoms with E-state index in [9.17, 15) is 14.4 Å². The first-order valence-corrected chi connectivity index (χ1v) is 18.4. The Morgan fingerprint density at radius 3 is 1.83 bits per heavy atom. The van der Waals surface area contributed by atoms with Crippen LogP contribution in [0.4, 0.5) is 4.79 Å². The number of hydrogen-bond donors (Lipinski definition) is 4. The number of hydrogen-bond acceptors (Lipinski definition) is 10. The van der Waals surface area contributed by atoms with E-state index in [4.69, 9.17) is 40.0 Å². The molecule has 0 radical (unpaired) electrons. The van der Waals surface area contributed by atoms with Crippen molar-refractivity contribution in [3.63, 3.8) is 0 Å². The molecule has 0 aliphatic carbocycles. The van der Waals surface area contributed by atoms with Gasteiger partial charge in [-0.2, -0.15) is 11.8 Å². The lowest BCUT2D eigenvalue weighted by molar-refractivity contribution is -0.123. The van der Waals surface area contributed by atoms with Crippen molar-refractivity contribution < 1.29 is 42.8 Å². The Kier molecular flexibility index (Phi) is 25.4. The summed E-state index contributed by atoms with van der Waals surface area (Å²) in [5.74, 6) is 1.65. The molecule has 2 aliphatic heterocycles. The molecule has 2 rings (SSSR count). The van der Waals surface area contributed by atoms with Crippen molar-refractivity contribution in [2.24, 2.45) is 0 Å². The first kappa shape index (κ1) is 40.8. The summed E-state index contributed by atoms with van der Waals surface area (Å²) >= 11 is 7.55. The fraction of sp³-hybridized carbons (Fsp3) is 0.903. The van der Waals surface area contributed by atoms with E-state index >= 15 is 0 Å². The Balaban J connectivity index is 1.21. The molecule has 0 bridgehead atoms. The highest BCUT2D eigenvalue weighted by molar-refractivity contribution is 8.00. The van der Waals surface area contributed by atoms with Gasteiger partial charge in [-0.25, -0.2) is 4.79 Å². The molecule has 268 valence electrons. The number of thioether (sulfide) groups is 1. The minimum absolute atomic E-state index is 0.0378. The zero-order valence-corrected chi connectivity index (χ0v) is 28.9. The minimum atomic E-state index is -0.0704. The van der Waals surface area contributed by atoms with Crippen molar-refractivity contribution in [1.29, 1.82) is 0 Å². The van der Waals surface area contributed by atoms with Crippen LogP contribution in [0.3, 0.4) is 0 Å². The van der Waals surface area contributed by atoms with Crippen molar-refractivity contribution in [2.45, 2.75) is 75.1 Å². The van der Waals surface area contributed by atoms with Gasteiger partial charge in [0.2, 0.25) is 11.8 Å². The number of amides is 4. The third-order valence-electron chi connectivity index (χ3n) is 7.35. The molecule has 3 atom stereocenters. The lowest BCUT2D eigenvalue weighted by atomic mass is 10.0. The molecule has 46 heavy (non-hydrogen) atoms. The standard InChI is InChI=1S/C31H57ClN4O9S/c32-10-5-1-2-6-13-40-17-19-42-16-12-34-29(38)9-14-41-18-21-44-23-24-45-22-20-43-15-11-33-28(37)8-4-3-7-27-30-26(25-46-27)35-31(39)36-30/h26-27,30H,1-25H2,(H,33,37)(H,34,38)(H2,35,36,39)/t26-,27-,30-/m0/s1. The van der Waals surface area contributed by atoms with Gasteiger partial charge in [-0.05, 0) is 25.7 Å². The maximum absolute atomic E-state index is 12.0. The number of rotatable bonds is 32. The Hall–Kier alpha value is -1.39. The van der Waals surface area contributed by atoms with E-state index in [0.29, 0.717) is 104 Å². The molecule has 4 N–H and O–H groups in total. The van der Waals surface area contributed by atoms with Gasteiger partial charge in [0.25, 0.3) is 0 Å². The number of ether oxygens (including phenoxy) is 6. The quantitative estimate of drug-likeness (QED) is 0.0468.